The van der Waals surface area contributed by atoms with Gasteiger partial charge < -0.3 is 13.9 Å². The summed E-state index contributed by atoms with van der Waals surface area (Å²) in [5.41, 5.74) is 2.27. The third-order valence-electron chi connectivity index (χ3n) is 4.70. The molecule has 5 rings (SSSR count). The van der Waals surface area contributed by atoms with Crippen molar-refractivity contribution < 1.29 is 13.9 Å². The summed E-state index contributed by atoms with van der Waals surface area (Å²) in [7, 11) is 0. The number of nitrogens with zero attached hydrogens (tertiary/aromatic N) is 2. The lowest BCUT2D eigenvalue weighted by molar-refractivity contribution is 0.306. The Morgan fingerprint density at radius 3 is 1.48 bits per heavy atom. The third-order valence-corrected chi connectivity index (χ3v) is 4.70. The minimum atomic E-state index is -0.00252. The maximum absolute atomic E-state index is 5.91. The summed E-state index contributed by atoms with van der Waals surface area (Å²) in [6.45, 7) is 1.03. The largest absolute Gasteiger partial charge is 0.473 e. The molecule has 0 bridgehead atoms. The van der Waals surface area contributed by atoms with E-state index in [-0.39, 0.29) is 12.1 Å². The standard InChI is InChI=1S/C22H18N2O3/c1-3-7-15(8-4-1)17-13-25-21(23-17)19-11-12-20(27-19)22-24-18(14-26-22)16-9-5-2-6-10-16/h1-12,17-18H,13-14H2/t17-,18-/m1/s1. The van der Waals surface area contributed by atoms with E-state index in [2.05, 4.69) is 34.3 Å². The lowest BCUT2D eigenvalue weighted by Gasteiger charge is -2.03. The molecule has 0 fully saturated rings. The van der Waals surface area contributed by atoms with Crippen molar-refractivity contribution in [3.8, 4) is 0 Å². The monoisotopic (exact) mass is 358 g/mol. The lowest BCUT2D eigenvalue weighted by atomic mass is 10.1. The van der Waals surface area contributed by atoms with E-state index in [9.17, 15) is 0 Å². The summed E-state index contributed by atoms with van der Waals surface area (Å²) in [5, 5.41) is 0. The van der Waals surface area contributed by atoms with E-state index < -0.39 is 0 Å². The highest BCUT2D eigenvalue weighted by molar-refractivity contribution is 5.96. The second-order valence-electron chi connectivity index (χ2n) is 6.51. The van der Waals surface area contributed by atoms with Crippen LogP contribution in [0.2, 0.25) is 0 Å². The minimum Gasteiger partial charge on any atom is -0.473 e. The highest BCUT2D eigenvalue weighted by Gasteiger charge is 2.27. The van der Waals surface area contributed by atoms with Gasteiger partial charge in [-0.2, -0.15) is 0 Å². The normalized spacial score (nSPS) is 21.3. The predicted octanol–water partition coefficient (Wildman–Crippen LogP) is 4.32. The van der Waals surface area contributed by atoms with Gasteiger partial charge in [0.15, 0.2) is 11.5 Å². The van der Waals surface area contributed by atoms with Crippen LogP contribution in [-0.4, -0.2) is 25.0 Å². The number of ether oxygens (including phenoxy) is 2. The minimum absolute atomic E-state index is 0.00252. The fourth-order valence-electron chi connectivity index (χ4n) is 3.28. The molecular weight excluding hydrogens is 340 g/mol. The van der Waals surface area contributed by atoms with Crippen LogP contribution in [0.5, 0.6) is 0 Å². The lowest BCUT2D eigenvalue weighted by Crippen LogP contribution is -2.01. The molecule has 2 aliphatic heterocycles. The molecular formula is C22H18N2O3. The summed E-state index contributed by atoms with van der Waals surface area (Å²) in [6.07, 6.45) is 0. The second-order valence-corrected chi connectivity index (χ2v) is 6.51. The van der Waals surface area contributed by atoms with Crippen molar-refractivity contribution in [3.63, 3.8) is 0 Å². The van der Waals surface area contributed by atoms with Crippen LogP contribution in [0.25, 0.3) is 0 Å². The van der Waals surface area contributed by atoms with Crippen LogP contribution >= 0.6 is 0 Å². The van der Waals surface area contributed by atoms with Gasteiger partial charge >= 0.3 is 0 Å². The Balaban J connectivity index is 1.35. The molecule has 5 nitrogen and oxygen atoms in total. The van der Waals surface area contributed by atoms with E-state index in [1.807, 2.05) is 48.5 Å². The molecule has 3 heterocycles. The van der Waals surface area contributed by atoms with E-state index in [4.69, 9.17) is 13.9 Å². The Morgan fingerprint density at radius 1 is 0.593 bits per heavy atom. The van der Waals surface area contributed by atoms with Crippen LogP contribution in [0.1, 0.15) is 34.7 Å². The molecule has 0 spiro atoms. The van der Waals surface area contributed by atoms with Crippen molar-refractivity contribution in [2.45, 2.75) is 12.1 Å². The van der Waals surface area contributed by atoms with E-state index in [0.717, 1.165) is 11.1 Å². The third kappa shape index (κ3) is 3.12. The van der Waals surface area contributed by atoms with Gasteiger partial charge in [0.25, 0.3) is 11.8 Å². The molecule has 0 aliphatic carbocycles. The van der Waals surface area contributed by atoms with Gasteiger partial charge in [0.2, 0.25) is 0 Å². The number of hydrogen-bond donors (Lipinski definition) is 0. The Kier molecular flexibility index (Phi) is 3.98. The molecule has 0 amide bonds. The molecule has 1 aromatic heterocycles. The molecule has 2 atom stereocenters. The van der Waals surface area contributed by atoms with E-state index in [0.29, 0.717) is 36.5 Å². The molecule has 3 aromatic rings. The van der Waals surface area contributed by atoms with Crippen LogP contribution < -0.4 is 0 Å². The summed E-state index contributed by atoms with van der Waals surface area (Å²) >= 11 is 0. The van der Waals surface area contributed by atoms with Crippen LogP contribution in [-0.2, 0) is 9.47 Å². The molecule has 2 aliphatic rings. The topological polar surface area (TPSA) is 56.3 Å². The maximum atomic E-state index is 5.91. The average Bonchev–Trinajstić information content (AvgIpc) is 3.49. The first-order valence-corrected chi connectivity index (χ1v) is 8.98. The Morgan fingerprint density at radius 2 is 1.04 bits per heavy atom. The fraction of sp³-hybridized carbons (Fsp3) is 0.182. The van der Waals surface area contributed by atoms with Gasteiger partial charge in [-0.3, -0.25) is 0 Å². The maximum Gasteiger partial charge on any atom is 0.253 e. The van der Waals surface area contributed by atoms with Crippen molar-refractivity contribution >= 4 is 11.8 Å². The summed E-state index contributed by atoms with van der Waals surface area (Å²) in [4.78, 5) is 9.30. The van der Waals surface area contributed by atoms with E-state index in [1.54, 1.807) is 0 Å². The van der Waals surface area contributed by atoms with Crippen molar-refractivity contribution in [1.29, 1.82) is 0 Å². The molecule has 27 heavy (non-hydrogen) atoms. The zero-order chi connectivity index (χ0) is 18.1. The van der Waals surface area contributed by atoms with Gasteiger partial charge in [-0.1, -0.05) is 60.7 Å². The van der Waals surface area contributed by atoms with Crippen molar-refractivity contribution in [2.24, 2.45) is 9.98 Å². The number of hydrogen-bond acceptors (Lipinski definition) is 5. The van der Waals surface area contributed by atoms with Crippen LogP contribution in [0.15, 0.2) is 87.2 Å². The summed E-state index contributed by atoms with van der Waals surface area (Å²) < 4.78 is 17.4. The first-order chi connectivity index (χ1) is 13.4. The molecule has 0 saturated carbocycles. The molecule has 0 unspecified atom stereocenters. The number of benzene rings is 2. The van der Waals surface area contributed by atoms with Gasteiger partial charge in [-0.05, 0) is 23.3 Å². The SMILES string of the molecule is c1ccc([C@H]2COC(c3ccc(C4=N[C@@H](c5ccccc5)CO4)o3)=N2)cc1. The molecule has 5 heteroatoms. The zero-order valence-electron chi connectivity index (χ0n) is 14.6. The molecule has 0 saturated heterocycles. The molecule has 2 aromatic carbocycles. The van der Waals surface area contributed by atoms with Gasteiger partial charge in [0.05, 0.1) is 0 Å². The first kappa shape index (κ1) is 15.9. The Hall–Kier alpha value is -3.34. The van der Waals surface area contributed by atoms with Crippen LogP contribution in [0.4, 0.5) is 0 Å². The van der Waals surface area contributed by atoms with Gasteiger partial charge in [0, 0.05) is 0 Å². The van der Waals surface area contributed by atoms with Crippen molar-refractivity contribution in [3.05, 3.63) is 95.4 Å². The molecule has 134 valence electrons. The predicted molar refractivity (Wildman–Crippen MR) is 102 cm³/mol. The number of rotatable bonds is 4. The number of aliphatic imine (C=N–C) groups is 2. The molecule has 0 N–H and O–H groups in total. The second kappa shape index (κ2) is 6.76. The smallest absolute Gasteiger partial charge is 0.253 e. The average molecular weight is 358 g/mol. The quantitative estimate of drug-likeness (QED) is 0.698. The van der Waals surface area contributed by atoms with Gasteiger partial charge in [-0.25, -0.2) is 9.98 Å². The van der Waals surface area contributed by atoms with Crippen molar-refractivity contribution in [2.75, 3.05) is 13.2 Å². The van der Waals surface area contributed by atoms with E-state index >= 15 is 0 Å². The Bertz CT molecular complexity index is 913. The fourth-order valence-corrected chi connectivity index (χ4v) is 3.28. The highest BCUT2D eigenvalue weighted by atomic mass is 16.5. The van der Waals surface area contributed by atoms with Gasteiger partial charge in [0.1, 0.15) is 25.3 Å². The van der Waals surface area contributed by atoms with Crippen molar-refractivity contribution in [1.82, 2.24) is 0 Å². The van der Waals surface area contributed by atoms with Gasteiger partial charge in [-0.15, -0.1) is 0 Å². The number of furan rings is 1. The summed E-state index contributed by atoms with van der Waals surface area (Å²) in [5.74, 6) is 2.23. The molecule has 0 radical (unpaired) electrons. The Labute approximate surface area is 157 Å². The first-order valence-electron chi connectivity index (χ1n) is 8.98. The zero-order valence-corrected chi connectivity index (χ0v) is 14.6. The van der Waals surface area contributed by atoms with Crippen LogP contribution in [0, 0.1) is 0 Å². The summed E-state index contributed by atoms with van der Waals surface area (Å²) in [6, 6.07) is 23.9. The van der Waals surface area contributed by atoms with Crippen LogP contribution in [0.3, 0.4) is 0 Å². The highest BCUT2D eigenvalue weighted by Crippen LogP contribution is 2.28. The van der Waals surface area contributed by atoms with E-state index in [1.165, 1.54) is 0 Å².